The van der Waals surface area contributed by atoms with Crippen LogP contribution in [-0.2, 0) is 19.8 Å². The van der Waals surface area contributed by atoms with Crippen LogP contribution in [0.1, 0.15) is 57.1 Å². The zero-order valence-electron chi connectivity index (χ0n) is 21.1. The van der Waals surface area contributed by atoms with Gasteiger partial charge in [-0.1, -0.05) is 51.1 Å². The van der Waals surface area contributed by atoms with Crippen LogP contribution in [0.2, 0.25) is 0 Å². The van der Waals surface area contributed by atoms with Crippen LogP contribution in [0.15, 0.2) is 59.1 Å². The molecule has 2 saturated carbocycles. The topological polar surface area (TPSA) is 158 Å². The number of primary amides is 1. The fourth-order valence-electron chi connectivity index (χ4n) is 6.96. The molecule has 4 aliphatic carbocycles. The van der Waals surface area contributed by atoms with Crippen molar-refractivity contribution in [3.63, 3.8) is 0 Å². The summed E-state index contributed by atoms with van der Waals surface area (Å²) in [6, 6.07) is 8.21. The minimum Gasteiger partial charge on any atom is -0.511 e. The van der Waals surface area contributed by atoms with Gasteiger partial charge in [-0.2, -0.15) is 0 Å². The molecule has 5 rings (SSSR count). The summed E-state index contributed by atoms with van der Waals surface area (Å²) in [6.45, 7) is 6.39. The number of carbonyl (C=O) groups is 3. The van der Waals surface area contributed by atoms with Crippen LogP contribution in [0.25, 0.3) is 0 Å². The Hall–Kier alpha value is -3.23. The Morgan fingerprint density at radius 3 is 2.32 bits per heavy atom. The van der Waals surface area contributed by atoms with E-state index >= 15 is 0 Å². The van der Waals surface area contributed by atoms with Crippen molar-refractivity contribution in [2.45, 2.75) is 63.1 Å². The summed E-state index contributed by atoms with van der Waals surface area (Å²) in [7, 11) is 0. The lowest BCUT2D eigenvalue weighted by molar-refractivity contribution is -0.191. The maximum Gasteiger partial charge on any atom is 0.255 e. The normalized spacial score (nSPS) is 35.7. The Morgan fingerprint density at radius 2 is 1.73 bits per heavy atom. The van der Waals surface area contributed by atoms with E-state index in [9.17, 15) is 34.8 Å². The van der Waals surface area contributed by atoms with E-state index in [1.54, 1.807) is 0 Å². The molecule has 4 unspecified atom stereocenters. The van der Waals surface area contributed by atoms with Crippen LogP contribution in [0, 0.1) is 23.7 Å². The van der Waals surface area contributed by atoms with E-state index in [0.717, 1.165) is 5.56 Å². The van der Waals surface area contributed by atoms with Crippen molar-refractivity contribution in [2.75, 3.05) is 0 Å². The number of nitrogens with two attached hydrogens (primary N) is 1. The molecule has 1 aromatic rings. The monoisotopic (exact) mass is 507 g/mol. The van der Waals surface area contributed by atoms with E-state index in [1.165, 1.54) is 11.6 Å². The minimum absolute atomic E-state index is 0.0147. The van der Waals surface area contributed by atoms with E-state index in [-0.39, 0.29) is 41.4 Å². The second-order valence-electron chi connectivity index (χ2n) is 12.0. The predicted octanol–water partition coefficient (Wildman–Crippen LogP) is 2.65. The molecular weight excluding hydrogens is 474 g/mol. The number of hydrogen-bond acceptors (Lipinski definition) is 7. The molecule has 2 fully saturated rings. The number of amides is 1. The quantitative estimate of drug-likeness (QED) is 0.385. The van der Waals surface area contributed by atoms with E-state index in [2.05, 4.69) is 32.9 Å². The molecule has 1 aromatic carbocycles. The van der Waals surface area contributed by atoms with Gasteiger partial charge in [0.2, 0.25) is 5.78 Å². The van der Waals surface area contributed by atoms with Crippen LogP contribution >= 0.6 is 0 Å². The number of benzene rings is 1. The Kier molecular flexibility index (Phi) is 5.77. The highest BCUT2D eigenvalue weighted by Gasteiger charge is 2.64. The summed E-state index contributed by atoms with van der Waals surface area (Å²) < 4.78 is 0. The van der Waals surface area contributed by atoms with Gasteiger partial charge < -0.3 is 26.2 Å². The molecule has 0 bridgehead atoms. The Balaban J connectivity index is 1.51. The molecule has 0 aromatic heterocycles. The average molecular weight is 508 g/mol. The summed E-state index contributed by atoms with van der Waals surface area (Å²) >= 11 is 0. The van der Waals surface area contributed by atoms with Gasteiger partial charge in [0.05, 0.1) is 5.92 Å². The predicted molar refractivity (Wildman–Crippen MR) is 134 cm³/mol. The van der Waals surface area contributed by atoms with Gasteiger partial charge in [-0.25, -0.2) is 0 Å². The third-order valence-electron chi connectivity index (χ3n) is 8.90. The number of allylic oxidation sites excluding steroid dienone is 4. The van der Waals surface area contributed by atoms with E-state index in [0.29, 0.717) is 6.42 Å². The maximum absolute atomic E-state index is 13.8. The molecular formula is C29H33NO7. The van der Waals surface area contributed by atoms with Crippen LogP contribution in [0.4, 0.5) is 0 Å². The second kappa shape index (κ2) is 8.39. The van der Waals surface area contributed by atoms with Crippen molar-refractivity contribution >= 4 is 17.5 Å². The summed E-state index contributed by atoms with van der Waals surface area (Å²) in [4.78, 5) is 38.7. The maximum atomic E-state index is 13.8. The van der Waals surface area contributed by atoms with Gasteiger partial charge in [-0.15, -0.1) is 0 Å². The largest absolute Gasteiger partial charge is 0.511 e. The first-order chi connectivity index (χ1) is 17.3. The van der Waals surface area contributed by atoms with Crippen molar-refractivity contribution in [2.24, 2.45) is 29.4 Å². The fourth-order valence-corrected chi connectivity index (χ4v) is 6.96. The Bertz CT molecular complexity index is 1280. The third kappa shape index (κ3) is 3.68. The fraction of sp³-hybridized carbons (Fsp3) is 0.483. The van der Waals surface area contributed by atoms with Crippen LogP contribution < -0.4 is 5.73 Å². The minimum atomic E-state index is -2.43. The van der Waals surface area contributed by atoms with Crippen molar-refractivity contribution in [3.05, 3.63) is 70.2 Å². The lowest BCUT2D eigenvalue weighted by atomic mass is 9.52. The van der Waals surface area contributed by atoms with Crippen LogP contribution in [0.5, 0.6) is 0 Å². The number of rotatable bonds is 2. The number of aliphatic hydroxyl groups is 4. The van der Waals surface area contributed by atoms with Gasteiger partial charge in [0, 0.05) is 29.7 Å². The molecule has 0 heterocycles. The number of hydrogen-bond donors (Lipinski definition) is 5. The summed E-state index contributed by atoms with van der Waals surface area (Å²) in [5.74, 6) is -6.48. The zero-order chi connectivity index (χ0) is 27.0. The lowest BCUT2D eigenvalue weighted by Crippen LogP contribution is -2.67. The number of carbonyl (C=O) groups excluding carboxylic acids is 3. The highest BCUT2D eigenvalue weighted by atomic mass is 16.4. The first-order valence-electron chi connectivity index (χ1n) is 12.7. The van der Waals surface area contributed by atoms with Gasteiger partial charge in [0.15, 0.2) is 11.4 Å². The molecule has 0 spiro atoms. The first kappa shape index (κ1) is 25.4. The molecule has 0 radical (unpaired) electrons. The summed E-state index contributed by atoms with van der Waals surface area (Å²) in [5, 5.41) is 43.8. The van der Waals surface area contributed by atoms with E-state index in [4.69, 9.17) is 5.73 Å². The van der Waals surface area contributed by atoms with E-state index in [1.807, 2.05) is 18.2 Å². The van der Waals surface area contributed by atoms with Crippen LogP contribution in [-0.4, -0.2) is 49.6 Å². The van der Waals surface area contributed by atoms with Crippen molar-refractivity contribution in [3.8, 4) is 0 Å². The van der Waals surface area contributed by atoms with Gasteiger partial charge >= 0.3 is 0 Å². The smallest absolute Gasteiger partial charge is 0.255 e. The van der Waals surface area contributed by atoms with E-state index < -0.39 is 58.3 Å². The average Bonchev–Trinajstić information content (AvgIpc) is 2.81. The zero-order valence-corrected chi connectivity index (χ0v) is 21.1. The number of Topliss-reactive ketones (excluding diaryl/α,β-unsaturated/α-hetero) is 2. The summed E-state index contributed by atoms with van der Waals surface area (Å²) in [5.41, 5.74) is 4.44. The van der Waals surface area contributed by atoms with Gasteiger partial charge in [-0.3, -0.25) is 14.4 Å². The molecule has 7 atom stereocenters. The lowest BCUT2D eigenvalue weighted by Gasteiger charge is -2.54. The molecule has 37 heavy (non-hydrogen) atoms. The molecule has 0 saturated heterocycles. The van der Waals surface area contributed by atoms with Gasteiger partial charge in [0.25, 0.3) is 5.91 Å². The van der Waals surface area contributed by atoms with Gasteiger partial charge in [0.1, 0.15) is 23.2 Å². The second-order valence-corrected chi connectivity index (χ2v) is 12.0. The number of fused-ring (bicyclic) bond motifs is 3. The third-order valence-corrected chi connectivity index (χ3v) is 8.90. The van der Waals surface area contributed by atoms with Gasteiger partial charge in [-0.05, 0) is 41.4 Å². The molecule has 8 nitrogen and oxygen atoms in total. The van der Waals surface area contributed by atoms with Crippen molar-refractivity contribution < 1.29 is 34.8 Å². The SMILES string of the molecule is CC(C)(C)c1ccc(C2C=CC(O)=C3C(=O)C4C(O)[C@]5(O)C(=O)C(C(N)=O)=C(O)C[C@@H]5C[C@@H]4CC32)cc1. The molecule has 4 aliphatic rings. The Morgan fingerprint density at radius 1 is 1.08 bits per heavy atom. The highest BCUT2D eigenvalue weighted by Crippen LogP contribution is 2.55. The number of ketones is 2. The number of aliphatic hydroxyl groups excluding tert-OH is 3. The van der Waals surface area contributed by atoms with Crippen LogP contribution in [0.3, 0.4) is 0 Å². The van der Waals surface area contributed by atoms with Crippen molar-refractivity contribution in [1.29, 1.82) is 0 Å². The summed E-state index contributed by atoms with van der Waals surface area (Å²) in [6.07, 6.45) is 2.00. The molecule has 1 amide bonds. The highest BCUT2D eigenvalue weighted by molar-refractivity contribution is 6.23. The Labute approximate surface area is 215 Å². The molecule has 6 N–H and O–H groups in total. The molecule has 196 valence electrons. The standard InChI is InChI=1S/C29H33NO7/c1-28(2,3)15-6-4-13(5-7-15)17-8-9-19(31)22-18(17)11-14-10-16-12-20(32)23(27(30)36)26(35)29(16,37)25(34)21(14)24(22)33/h4-9,14,16-18,21,25,31-32,34,37H,10-12H2,1-3H3,(H2,30,36)/t14-,16+,17?,18?,21?,25?,29+/m1/s1. The van der Waals surface area contributed by atoms with Crippen molar-refractivity contribution in [1.82, 2.24) is 0 Å². The molecule has 0 aliphatic heterocycles. The molecule has 8 heteroatoms. The first-order valence-corrected chi connectivity index (χ1v) is 12.7.